The van der Waals surface area contributed by atoms with Crippen LogP contribution in [-0.4, -0.2) is 36.9 Å². The maximum Gasteiger partial charge on any atom is 0.260 e. The van der Waals surface area contributed by atoms with Crippen LogP contribution in [0.15, 0.2) is 46.9 Å². The molecule has 0 spiro atoms. The fourth-order valence-electron chi connectivity index (χ4n) is 4.03. The van der Waals surface area contributed by atoms with Gasteiger partial charge in [0.2, 0.25) is 5.91 Å². The molecule has 1 aliphatic rings. The van der Waals surface area contributed by atoms with Crippen LogP contribution in [0.5, 0.6) is 5.75 Å². The summed E-state index contributed by atoms with van der Waals surface area (Å²) in [6, 6.07) is 13.3. The Labute approximate surface area is 182 Å². The first-order valence-corrected chi connectivity index (χ1v) is 10.8. The Morgan fingerprint density at radius 3 is 2.77 bits per heavy atom. The van der Waals surface area contributed by atoms with E-state index in [1.54, 1.807) is 7.05 Å². The summed E-state index contributed by atoms with van der Waals surface area (Å²) in [4.78, 5) is 26.2. The molecular weight excluding hydrogens is 392 g/mol. The lowest BCUT2D eigenvalue weighted by atomic mass is 9.96. The first-order valence-electron chi connectivity index (χ1n) is 10.8. The SMILES string of the molecule is CCc1ccccc1NC(=O)CN(C)C(=O)COc1ccc2oc3c(c2c1)CCCC3. The third kappa shape index (κ3) is 4.74. The quantitative estimate of drug-likeness (QED) is 0.617. The second-order valence-corrected chi connectivity index (χ2v) is 7.97. The van der Waals surface area contributed by atoms with Crippen LogP contribution in [0.1, 0.15) is 36.7 Å². The van der Waals surface area contributed by atoms with E-state index in [2.05, 4.69) is 5.32 Å². The number of hydrogen-bond donors (Lipinski definition) is 1. The first kappa shape index (κ1) is 21.0. The van der Waals surface area contributed by atoms with Gasteiger partial charge in [-0.2, -0.15) is 0 Å². The zero-order chi connectivity index (χ0) is 21.8. The van der Waals surface area contributed by atoms with Crippen molar-refractivity contribution in [3.8, 4) is 5.75 Å². The Balaban J connectivity index is 1.33. The van der Waals surface area contributed by atoms with Gasteiger partial charge >= 0.3 is 0 Å². The topological polar surface area (TPSA) is 71.8 Å². The number of likely N-dealkylation sites (N-methyl/N-ethyl adjacent to an activating group) is 1. The number of fused-ring (bicyclic) bond motifs is 3. The number of benzene rings is 2. The summed E-state index contributed by atoms with van der Waals surface area (Å²) in [7, 11) is 1.60. The summed E-state index contributed by atoms with van der Waals surface area (Å²) in [6.45, 7) is 1.88. The highest BCUT2D eigenvalue weighted by molar-refractivity contribution is 5.95. The van der Waals surface area contributed by atoms with Gasteiger partial charge in [-0.1, -0.05) is 25.1 Å². The van der Waals surface area contributed by atoms with Crippen molar-refractivity contribution < 1.29 is 18.7 Å². The summed E-state index contributed by atoms with van der Waals surface area (Å²) in [6.07, 6.45) is 5.15. The van der Waals surface area contributed by atoms with Gasteiger partial charge in [0, 0.05) is 30.1 Å². The Morgan fingerprint density at radius 2 is 1.94 bits per heavy atom. The highest BCUT2D eigenvalue weighted by Crippen LogP contribution is 2.33. The third-order valence-corrected chi connectivity index (χ3v) is 5.77. The zero-order valence-corrected chi connectivity index (χ0v) is 18.1. The zero-order valence-electron chi connectivity index (χ0n) is 18.1. The van der Waals surface area contributed by atoms with E-state index >= 15 is 0 Å². The van der Waals surface area contributed by atoms with Crippen molar-refractivity contribution in [2.24, 2.45) is 0 Å². The minimum atomic E-state index is -0.256. The molecular formula is C25H28N2O4. The molecule has 0 aliphatic heterocycles. The lowest BCUT2D eigenvalue weighted by Crippen LogP contribution is -2.37. The number of aryl methyl sites for hydroxylation is 3. The lowest BCUT2D eigenvalue weighted by Gasteiger charge is -2.18. The third-order valence-electron chi connectivity index (χ3n) is 5.77. The van der Waals surface area contributed by atoms with Crippen LogP contribution in [0.25, 0.3) is 11.0 Å². The summed E-state index contributed by atoms with van der Waals surface area (Å²) in [5.41, 5.74) is 3.97. The predicted octanol–water partition coefficient (Wildman–Crippen LogP) is 4.35. The van der Waals surface area contributed by atoms with Crippen molar-refractivity contribution >= 4 is 28.5 Å². The average molecular weight is 421 g/mol. The maximum absolute atomic E-state index is 12.5. The van der Waals surface area contributed by atoms with E-state index in [-0.39, 0.29) is 25.0 Å². The minimum absolute atomic E-state index is 0.0332. The molecule has 0 fully saturated rings. The molecule has 0 bridgehead atoms. The van der Waals surface area contributed by atoms with E-state index in [0.717, 1.165) is 53.7 Å². The fraction of sp³-hybridized carbons (Fsp3) is 0.360. The number of furan rings is 1. The number of anilines is 1. The second-order valence-electron chi connectivity index (χ2n) is 7.97. The molecule has 0 atom stereocenters. The number of amides is 2. The monoisotopic (exact) mass is 420 g/mol. The number of hydrogen-bond acceptors (Lipinski definition) is 4. The molecule has 2 amide bonds. The smallest absolute Gasteiger partial charge is 0.260 e. The van der Waals surface area contributed by atoms with Crippen LogP contribution in [0.2, 0.25) is 0 Å². The Hall–Kier alpha value is -3.28. The molecule has 1 aliphatic carbocycles. The summed E-state index contributed by atoms with van der Waals surface area (Å²) < 4.78 is 11.7. The number of nitrogens with one attached hydrogen (secondary N) is 1. The van der Waals surface area contributed by atoms with Crippen molar-refractivity contribution in [1.82, 2.24) is 4.90 Å². The van der Waals surface area contributed by atoms with Crippen LogP contribution >= 0.6 is 0 Å². The number of carbonyl (C=O) groups is 2. The summed E-state index contributed by atoms with van der Waals surface area (Å²) in [5, 5.41) is 3.95. The molecule has 4 rings (SSSR count). The fourth-order valence-corrected chi connectivity index (χ4v) is 4.03. The number of nitrogens with zero attached hydrogens (tertiary/aromatic N) is 1. The molecule has 1 heterocycles. The second kappa shape index (κ2) is 9.25. The van der Waals surface area contributed by atoms with E-state index < -0.39 is 0 Å². The molecule has 6 heteroatoms. The van der Waals surface area contributed by atoms with E-state index in [1.165, 1.54) is 16.9 Å². The molecule has 31 heavy (non-hydrogen) atoms. The van der Waals surface area contributed by atoms with Gasteiger partial charge in [-0.15, -0.1) is 0 Å². The van der Waals surface area contributed by atoms with Crippen LogP contribution < -0.4 is 10.1 Å². The molecule has 2 aromatic carbocycles. The lowest BCUT2D eigenvalue weighted by molar-refractivity contribution is -0.135. The van der Waals surface area contributed by atoms with E-state index in [4.69, 9.17) is 9.15 Å². The van der Waals surface area contributed by atoms with Gasteiger partial charge in [0.25, 0.3) is 5.91 Å². The predicted molar refractivity (Wildman–Crippen MR) is 120 cm³/mol. The molecule has 0 radical (unpaired) electrons. The molecule has 3 aromatic rings. The largest absolute Gasteiger partial charge is 0.484 e. The van der Waals surface area contributed by atoms with Crippen LogP contribution in [0, 0.1) is 0 Å². The number of para-hydroxylation sites is 1. The van der Waals surface area contributed by atoms with Gasteiger partial charge < -0.3 is 19.4 Å². The summed E-state index contributed by atoms with van der Waals surface area (Å²) >= 11 is 0. The molecule has 0 saturated heterocycles. The molecule has 6 nitrogen and oxygen atoms in total. The standard InChI is InChI=1S/C25H28N2O4/c1-3-17-8-4-6-10-21(17)26-24(28)15-27(2)25(29)16-30-18-12-13-23-20(14-18)19-9-5-7-11-22(19)31-23/h4,6,8,10,12-14H,3,5,7,9,11,15-16H2,1-2H3,(H,26,28). The number of carbonyl (C=O) groups excluding carboxylic acids is 2. The average Bonchev–Trinajstić information content (AvgIpc) is 3.15. The van der Waals surface area contributed by atoms with Crippen molar-refractivity contribution in [2.45, 2.75) is 39.0 Å². The summed E-state index contributed by atoms with van der Waals surface area (Å²) in [5.74, 6) is 1.21. The van der Waals surface area contributed by atoms with Gasteiger partial charge in [-0.05, 0) is 55.5 Å². The molecule has 0 saturated carbocycles. The van der Waals surface area contributed by atoms with E-state index in [9.17, 15) is 9.59 Å². The van der Waals surface area contributed by atoms with Gasteiger partial charge in [0.15, 0.2) is 6.61 Å². The van der Waals surface area contributed by atoms with Crippen molar-refractivity contribution in [2.75, 3.05) is 25.5 Å². The Kier molecular flexibility index (Phi) is 6.26. The molecule has 0 unspecified atom stereocenters. The van der Waals surface area contributed by atoms with Crippen LogP contribution in [0.3, 0.4) is 0 Å². The minimum Gasteiger partial charge on any atom is -0.484 e. The van der Waals surface area contributed by atoms with E-state index in [0.29, 0.717) is 5.75 Å². The van der Waals surface area contributed by atoms with E-state index in [1.807, 2.05) is 49.4 Å². The Morgan fingerprint density at radius 1 is 1.13 bits per heavy atom. The normalized spacial score (nSPS) is 13.0. The van der Waals surface area contributed by atoms with Crippen molar-refractivity contribution in [3.63, 3.8) is 0 Å². The van der Waals surface area contributed by atoms with Gasteiger partial charge in [-0.25, -0.2) is 0 Å². The number of ether oxygens (including phenoxy) is 1. The maximum atomic E-state index is 12.5. The molecule has 1 aromatic heterocycles. The van der Waals surface area contributed by atoms with Crippen LogP contribution in [-0.2, 0) is 28.9 Å². The van der Waals surface area contributed by atoms with Gasteiger partial charge in [-0.3, -0.25) is 9.59 Å². The van der Waals surface area contributed by atoms with Crippen LogP contribution in [0.4, 0.5) is 5.69 Å². The van der Waals surface area contributed by atoms with Gasteiger partial charge in [0.1, 0.15) is 17.1 Å². The van der Waals surface area contributed by atoms with Crippen molar-refractivity contribution in [1.29, 1.82) is 0 Å². The Bertz CT molecular complexity index is 1100. The van der Waals surface area contributed by atoms with Gasteiger partial charge in [0.05, 0.1) is 6.54 Å². The first-order chi connectivity index (χ1) is 15.0. The molecule has 1 N–H and O–H groups in total. The van der Waals surface area contributed by atoms with Crippen molar-refractivity contribution in [3.05, 3.63) is 59.4 Å². The number of rotatable bonds is 7. The molecule has 162 valence electrons. The highest BCUT2D eigenvalue weighted by atomic mass is 16.5. The highest BCUT2D eigenvalue weighted by Gasteiger charge is 2.19.